The second-order valence-corrected chi connectivity index (χ2v) is 7.75. The standard InChI is InChI=1S/C25H35NO4/c1-5-6-9-15-29-22-11-8-7-10-21(22)25(27)26-18-20-12-13-23(24(17-20)28-4)30-16-14-19(2)3/h7-8,10-13,17,19H,5-6,9,14-16,18H2,1-4H3,(H,26,27). The Balaban J connectivity index is 1.96. The van der Waals surface area contributed by atoms with Crippen LogP contribution >= 0.6 is 0 Å². The highest BCUT2D eigenvalue weighted by molar-refractivity contribution is 5.96. The van der Waals surface area contributed by atoms with Crippen molar-refractivity contribution in [2.24, 2.45) is 5.92 Å². The van der Waals surface area contributed by atoms with Crippen LogP contribution in [0.1, 0.15) is 62.4 Å². The normalized spacial score (nSPS) is 10.7. The molecule has 0 atom stereocenters. The van der Waals surface area contributed by atoms with Crippen LogP contribution in [-0.2, 0) is 6.54 Å². The van der Waals surface area contributed by atoms with E-state index >= 15 is 0 Å². The fraction of sp³-hybridized carbons (Fsp3) is 0.480. The van der Waals surface area contributed by atoms with E-state index in [9.17, 15) is 4.79 Å². The Labute approximate surface area is 180 Å². The summed E-state index contributed by atoms with van der Waals surface area (Å²) in [6, 6.07) is 13.1. The summed E-state index contributed by atoms with van der Waals surface area (Å²) in [5, 5.41) is 2.97. The highest BCUT2D eigenvalue weighted by Crippen LogP contribution is 2.28. The topological polar surface area (TPSA) is 56.8 Å². The lowest BCUT2D eigenvalue weighted by atomic mass is 10.1. The van der Waals surface area contributed by atoms with Gasteiger partial charge in [-0.05, 0) is 48.6 Å². The number of nitrogens with one attached hydrogen (secondary N) is 1. The number of hydrogen-bond donors (Lipinski definition) is 1. The Morgan fingerprint density at radius 3 is 2.47 bits per heavy atom. The van der Waals surface area contributed by atoms with Crippen molar-refractivity contribution in [3.63, 3.8) is 0 Å². The second kappa shape index (κ2) is 12.8. The van der Waals surface area contributed by atoms with Gasteiger partial charge in [0.2, 0.25) is 0 Å². The van der Waals surface area contributed by atoms with Crippen molar-refractivity contribution >= 4 is 5.91 Å². The molecule has 2 aromatic carbocycles. The molecule has 0 radical (unpaired) electrons. The molecule has 5 heteroatoms. The van der Waals surface area contributed by atoms with Crippen molar-refractivity contribution < 1.29 is 19.0 Å². The summed E-state index contributed by atoms with van der Waals surface area (Å²) >= 11 is 0. The Hall–Kier alpha value is -2.69. The first-order valence-electron chi connectivity index (χ1n) is 10.8. The summed E-state index contributed by atoms with van der Waals surface area (Å²) in [5.74, 6) is 2.45. The van der Waals surface area contributed by atoms with Crippen molar-refractivity contribution in [2.75, 3.05) is 20.3 Å². The lowest BCUT2D eigenvalue weighted by Crippen LogP contribution is -2.23. The van der Waals surface area contributed by atoms with Crippen LogP contribution in [0.3, 0.4) is 0 Å². The van der Waals surface area contributed by atoms with E-state index in [0.29, 0.717) is 42.7 Å². The van der Waals surface area contributed by atoms with E-state index in [2.05, 4.69) is 26.1 Å². The second-order valence-electron chi connectivity index (χ2n) is 7.75. The predicted molar refractivity (Wildman–Crippen MR) is 121 cm³/mol. The van der Waals surface area contributed by atoms with Gasteiger partial charge in [0.1, 0.15) is 5.75 Å². The van der Waals surface area contributed by atoms with E-state index in [1.54, 1.807) is 13.2 Å². The van der Waals surface area contributed by atoms with Crippen LogP contribution in [0.4, 0.5) is 0 Å². The zero-order valence-corrected chi connectivity index (χ0v) is 18.7. The highest BCUT2D eigenvalue weighted by Gasteiger charge is 2.13. The molecule has 30 heavy (non-hydrogen) atoms. The number of carbonyl (C=O) groups excluding carboxylic acids is 1. The first-order chi connectivity index (χ1) is 14.5. The summed E-state index contributed by atoms with van der Waals surface area (Å²) in [5.41, 5.74) is 1.49. The molecule has 2 aromatic rings. The van der Waals surface area contributed by atoms with Crippen molar-refractivity contribution in [2.45, 2.75) is 53.0 Å². The molecule has 0 saturated carbocycles. The van der Waals surface area contributed by atoms with Crippen LogP contribution in [0, 0.1) is 5.92 Å². The van der Waals surface area contributed by atoms with Crippen molar-refractivity contribution in [1.82, 2.24) is 5.32 Å². The molecule has 0 saturated heterocycles. The molecule has 0 heterocycles. The first-order valence-corrected chi connectivity index (χ1v) is 10.8. The van der Waals surface area contributed by atoms with E-state index < -0.39 is 0 Å². The molecular formula is C25H35NO4. The fourth-order valence-electron chi connectivity index (χ4n) is 2.94. The maximum atomic E-state index is 12.7. The van der Waals surface area contributed by atoms with Gasteiger partial charge in [-0.1, -0.05) is 51.8 Å². The van der Waals surface area contributed by atoms with Crippen LogP contribution in [0.25, 0.3) is 0 Å². The number of para-hydroxylation sites is 1. The summed E-state index contributed by atoms with van der Waals surface area (Å²) in [6.07, 6.45) is 4.22. The van der Waals surface area contributed by atoms with Gasteiger partial charge in [-0.2, -0.15) is 0 Å². The molecule has 0 fully saturated rings. The molecule has 0 aliphatic carbocycles. The Bertz CT molecular complexity index is 788. The summed E-state index contributed by atoms with van der Waals surface area (Å²) in [6.45, 7) is 8.15. The van der Waals surface area contributed by atoms with Gasteiger partial charge in [-0.3, -0.25) is 4.79 Å². The van der Waals surface area contributed by atoms with Gasteiger partial charge in [-0.15, -0.1) is 0 Å². The van der Waals surface area contributed by atoms with Crippen LogP contribution in [0.2, 0.25) is 0 Å². The van der Waals surface area contributed by atoms with Gasteiger partial charge in [0.25, 0.3) is 5.91 Å². The van der Waals surface area contributed by atoms with Gasteiger partial charge in [0, 0.05) is 6.54 Å². The molecule has 164 valence electrons. The smallest absolute Gasteiger partial charge is 0.255 e. The molecule has 1 N–H and O–H groups in total. The summed E-state index contributed by atoms with van der Waals surface area (Å²) < 4.78 is 17.1. The number of benzene rings is 2. The maximum Gasteiger partial charge on any atom is 0.255 e. The highest BCUT2D eigenvalue weighted by atomic mass is 16.5. The van der Waals surface area contributed by atoms with Crippen molar-refractivity contribution in [3.8, 4) is 17.2 Å². The Morgan fingerprint density at radius 1 is 0.967 bits per heavy atom. The largest absolute Gasteiger partial charge is 0.493 e. The summed E-state index contributed by atoms with van der Waals surface area (Å²) in [7, 11) is 1.62. The van der Waals surface area contributed by atoms with Crippen LogP contribution in [0.15, 0.2) is 42.5 Å². The third kappa shape index (κ3) is 7.62. The number of hydrogen-bond acceptors (Lipinski definition) is 4. The maximum absolute atomic E-state index is 12.7. The third-order valence-corrected chi connectivity index (χ3v) is 4.77. The first kappa shape index (κ1) is 23.6. The zero-order valence-electron chi connectivity index (χ0n) is 18.7. The lowest BCUT2D eigenvalue weighted by Gasteiger charge is -2.14. The van der Waals surface area contributed by atoms with Crippen molar-refractivity contribution in [1.29, 1.82) is 0 Å². The minimum absolute atomic E-state index is 0.155. The Morgan fingerprint density at radius 2 is 1.73 bits per heavy atom. The van der Waals surface area contributed by atoms with E-state index in [0.717, 1.165) is 37.0 Å². The number of carbonyl (C=O) groups is 1. The molecule has 0 aromatic heterocycles. The molecule has 0 aliphatic rings. The molecule has 1 amide bonds. The Kier molecular flexibility index (Phi) is 10.1. The molecular weight excluding hydrogens is 378 g/mol. The number of amides is 1. The van der Waals surface area contributed by atoms with Gasteiger partial charge < -0.3 is 19.5 Å². The third-order valence-electron chi connectivity index (χ3n) is 4.77. The zero-order chi connectivity index (χ0) is 21.8. The monoisotopic (exact) mass is 413 g/mol. The molecule has 5 nitrogen and oxygen atoms in total. The van der Waals surface area contributed by atoms with Crippen molar-refractivity contribution in [3.05, 3.63) is 53.6 Å². The molecule has 0 spiro atoms. The number of methoxy groups -OCH3 is 1. The average molecular weight is 414 g/mol. The fourth-order valence-corrected chi connectivity index (χ4v) is 2.94. The van der Waals surface area contributed by atoms with E-state index in [4.69, 9.17) is 14.2 Å². The molecule has 0 aliphatic heterocycles. The van der Waals surface area contributed by atoms with E-state index in [-0.39, 0.29) is 5.91 Å². The average Bonchev–Trinajstić information content (AvgIpc) is 2.75. The van der Waals surface area contributed by atoms with Gasteiger partial charge in [0.15, 0.2) is 11.5 Å². The molecule has 0 bridgehead atoms. The van der Waals surface area contributed by atoms with E-state index in [1.165, 1.54) is 0 Å². The molecule has 0 unspecified atom stereocenters. The lowest BCUT2D eigenvalue weighted by molar-refractivity contribution is 0.0946. The van der Waals surface area contributed by atoms with Gasteiger partial charge in [-0.25, -0.2) is 0 Å². The van der Waals surface area contributed by atoms with E-state index in [1.807, 2.05) is 36.4 Å². The quantitative estimate of drug-likeness (QED) is 0.433. The minimum Gasteiger partial charge on any atom is -0.493 e. The predicted octanol–water partition coefficient (Wildman–Crippen LogP) is 5.62. The van der Waals surface area contributed by atoms with Crippen LogP contribution in [-0.4, -0.2) is 26.2 Å². The number of rotatable bonds is 13. The van der Waals surface area contributed by atoms with Gasteiger partial charge in [0.05, 0.1) is 25.9 Å². The van der Waals surface area contributed by atoms with Gasteiger partial charge >= 0.3 is 0 Å². The molecule has 2 rings (SSSR count). The van der Waals surface area contributed by atoms with Crippen LogP contribution < -0.4 is 19.5 Å². The number of unbranched alkanes of at least 4 members (excludes halogenated alkanes) is 2. The number of ether oxygens (including phenoxy) is 3. The summed E-state index contributed by atoms with van der Waals surface area (Å²) in [4.78, 5) is 12.7. The van der Waals surface area contributed by atoms with Crippen LogP contribution in [0.5, 0.6) is 17.2 Å². The minimum atomic E-state index is -0.155. The SMILES string of the molecule is CCCCCOc1ccccc1C(=O)NCc1ccc(OCCC(C)C)c(OC)c1.